The monoisotopic (exact) mass is 252 g/mol. The van der Waals surface area contributed by atoms with Crippen molar-refractivity contribution in [2.45, 2.75) is 5.76 Å². The standard InChI is InChI=1S/C8H10F2N2O3S/c1-15-7-3-2-5(11)4-6(7)12-16(13,14)8(9)10/h2-4,8,12H,11H2,1H3. The van der Waals surface area contributed by atoms with Crippen molar-refractivity contribution in [2.24, 2.45) is 0 Å². The molecule has 0 saturated heterocycles. The number of hydrogen-bond acceptors (Lipinski definition) is 4. The number of nitrogens with two attached hydrogens (primary N) is 1. The Labute approximate surface area is 91.3 Å². The van der Waals surface area contributed by atoms with Crippen LogP contribution in [-0.2, 0) is 10.0 Å². The van der Waals surface area contributed by atoms with Crippen molar-refractivity contribution >= 4 is 21.4 Å². The maximum absolute atomic E-state index is 12.1. The molecule has 16 heavy (non-hydrogen) atoms. The smallest absolute Gasteiger partial charge is 0.355 e. The molecular formula is C8H10F2N2O3S. The molecule has 0 aliphatic heterocycles. The molecule has 8 heteroatoms. The summed E-state index contributed by atoms with van der Waals surface area (Å²) in [5.74, 6) is -3.41. The molecule has 0 saturated carbocycles. The van der Waals surface area contributed by atoms with E-state index in [1.807, 2.05) is 0 Å². The Morgan fingerprint density at radius 2 is 2.06 bits per heavy atom. The first kappa shape index (κ1) is 12.5. The van der Waals surface area contributed by atoms with Gasteiger partial charge in [-0.2, -0.15) is 8.78 Å². The summed E-state index contributed by atoms with van der Waals surface area (Å²) < 4.78 is 52.6. The molecule has 0 unspecified atom stereocenters. The number of sulfonamides is 1. The number of benzene rings is 1. The summed E-state index contributed by atoms with van der Waals surface area (Å²) in [5.41, 5.74) is 5.51. The predicted molar refractivity (Wildman–Crippen MR) is 56.0 cm³/mol. The van der Waals surface area contributed by atoms with Crippen LogP contribution in [0.4, 0.5) is 20.2 Å². The Bertz CT molecular complexity index is 476. The number of ether oxygens (including phenoxy) is 1. The van der Waals surface area contributed by atoms with Crippen molar-refractivity contribution in [1.29, 1.82) is 0 Å². The number of halogens is 2. The zero-order valence-electron chi connectivity index (χ0n) is 8.28. The van der Waals surface area contributed by atoms with E-state index in [2.05, 4.69) is 0 Å². The van der Waals surface area contributed by atoms with Crippen LogP contribution in [0.2, 0.25) is 0 Å². The molecule has 0 aromatic heterocycles. The van der Waals surface area contributed by atoms with Crippen molar-refractivity contribution in [3.8, 4) is 5.75 Å². The minimum atomic E-state index is -4.72. The second-order valence-electron chi connectivity index (χ2n) is 2.87. The summed E-state index contributed by atoms with van der Waals surface area (Å²) in [4.78, 5) is 0. The molecule has 90 valence electrons. The first-order valence-corrected chi connectivity index (χ1v) is 5.64. The molecule has 0 spiro atoms. The van der Waals surface area contributed by atoms with Crippen LogP contribution in [0.3, 0.4) is 0 Å². The van der Waals surface area contributed by atoms with Gasteiger partial charge < -0.3 is 10.5 Å². The fourth-order valence-corrected chi connectivity index (χ4v) is 1.56. The van der Waals surface area contributed by atoms with Crippen LogP contribution in [0.1, 0.15) is 0 Å². The van der Waals surface area contributed by atoms with Crippen LogP contribution in [0.15, 0.2) is 18.2 Å². The highest BCUT2D eigenvalue weighted by Crippen LogP contribution is 2.28. The number of nitrogens with one attached hydrogen (secondary N) is 1. The van der Waals surface area contributed by atoms with Gasteiger partial charge in [-0.3, -0.25) is 4.72 Å². The van der Waals surface area contributed by atoms with Gasteiger partial charge in [0.1, 0.15) is 5.75 Å². The van der Waals surface area contributed by atoms with Crippen LogP contribution in [0.25, 0.3) is 0 Å². The lowest BCUT2D eigenvalue weighted by Crippen LogP contribution is -2.20. The van der Waals surface area contributed by atoms with E-state index in [-0.39, 0.29) is 17.1 Å². The fourth-order valence-electron chi connectivity index (χ4n) is 1.00. The lowest BCUT2D eigenvalue weighted by molar-refractivity contribution is 0.236. The summed E-state index contributed by atoms with van der Waals surface area (Å²) in [6, 6.07) is 4.02. The van der Waals surface area contributed by atoms with Gasteiger partial charge in [-0.15, -0.1) is 0 Å². The molecule has 0 heterocycles. The largest absolute Gasteiger partial charge is 0.495 e. The van der Waals surface area contributed by atoms with Gasteiger partial charge in [0.15, 0.2) is 0 Å². The average Bonchev–Trinajstić information content (AvgIpc) is 2.17. The molecule has 1 aromatic rings. The molecule has 0 aliphatic carbocycles. The van der Waals surface area contributed by atoms with Crippen LogP contribution in [-0.4, -0.2) is 21.3 Å². The third-order valence-corrected chi connectivity index (χ3v) is 2.68. The van der Waals surface area contributed by atoms with Gasteiger partial charge in [-0.25, -0.2) is 8.42 Å². The molecular weight excluding hydrogens is 242 g/mol. The Morgan fingerprint density at radius 3 is 2.56 bits per heavy atom. The average molecular weight is 252 g/mol. The van der Waals surface area contributed by atoms with E-state index >= 15 is 0 Å². The summed E-state index contributed by atoms with van der Waals surface area (Å²) in [7, 11) is -3.44. The molecule has 0 bridgehead atoms. The number of rotatable bonds is 4. The number of anilines is 2. The molecule has 0 fully saturated rings. The van der Waals surface area contributed by atoms with Gasteiger partial charge >= 0.3 is 5.76 Å². The van der Waals surface area contributed by atoms with E-state index in [1.165, 1.54) is 25.3 Å². The normalized spacial score (nSPS) is 11.5. The van der Waals surface area contributed by atoms with Gasteiger partial charge in [-0.05, 0) is 18.2 Å². The van der Waals surface area contributed by atoms with E-state index in [9.17, 15) is 17.2 Å². The quantitative estimate of drug-likeness (QED) is 0.790. The van der Waals surface area contributed by atoms with Gasteiger partial charge in [0.05, 0.1) is 12.8 Å². The van der Waals surface area contributed by atoms with Crippen LogP contribution >= 0.6 is 0 Å². The molecule has 0 aliphatic rings. The number of hydrogen-bond donors (Lipinski definition) is 2. The maximum Gasteiger partial charge on any atom is 0.355 e. The number of methoxy groups -OCH3 is 1. The lowest BCUT2D eigenvalue weighted by Gasteiger charge is -2.11. The van der Waals surface area contributed by atoms with Crippen molar-refractivity contribution in [1.82, 2.24) is 0 Å². The molecule has 0 amide bonds. The van der Waals surface area contributed by atoms with Gasteiger partial charge in [0.2, 0.25) is 0 Å². The van der Waals surface area contributed by atoms with E-state index in [0.717, 1.165) is 0 Å². The zero-order chi connectivity index (χ0) is 12.3. The summed E-state index contributed by atoms with van der Waals surface area (Å²) in [5, 5.41) is 0. The van der Waals surface area contributed by atoms with Gasteiger partial charge in [0.25, 0.3) is 10.0 Å². The Hall–Kier alpha value is -1.57. The van der Waals surface area contributed by atoms with E-state index in [0.29, 0.717) is 0 Å². The Kier molecular flexibility index (Phi) is 3.53. The second-order valence-corrected chi connectivity index (χ2v) is 4.52. The highest BCUT2D eigenvalue weighted by atomic mass is 32.2. The van der Waals surface area contributed by atoms with Crippen LogP contribution < -0.4 is 15.2 Å². The second kappa shape index (κ2) is 4.52. The first-order valence-electron chi connectivity index (χ1n) is 4.10. The maximum atomic E-state index is 12.1. The third-order valence-electron chi connectivity index (χ3n) is 1.71. The molecule has 0 atom stereocenters. The van der Waals surface area contributed by atoms with Crippen molar-refractivity contribution in [3.63, 3.8) is 0 Å². The molecule has 1 aromatic carbocycles. The SMILES string of the molecule is COc1ccc(N)cc1NS(=O)(=O)C(F)F. The summed E-state index contributed by atoms with van der Waals surface area (Å²) >= 11 is 0. The van der Waals surface area contributed by atoms with E-state index < -0.39 is 15.8 Å². The predicted octanol–water partition coefficient (Wildman–Crippen LogP) is 1.24. The molecule has 3 N–H and O–H groups in total. The Morgan fingerprint density at radius 1 is 1.44 bits per heavy atom. The van der Waals surface area contributed by atoms with Gasteiger partial charge in [-0.1, -0.05) is 0 Å². The fraction of sp³-hybridized carbons (Fsp3) is 0.250. The number of alkyl halides is 2. The van der Waals surface area contributed by atoms with Crippen LogP contribution in [0, 0.1) is 0 Å². The third kappa shape index (κ3) is 2.72. The zero-order valence-corrected chi connectivity index (χ0v) is 9.09. The highest BCUT2D eigenvalue weighted by molar-refractivity contribution is 7.93. The highest BCUT2D eigenvalue weighted by Gasteiger charge is 2.24. The van der Waals surface area contributed by atoms with Gasteiger partial charge in [0, 0.05) is 5.69 Å². The van der Waals surface area contributed by atoms with E-state index in [4.69, 9.17) is 10.5 Å². The van der Waals surface area contributed by atoms with Crippen molar-refractivity contribution in [3.05, 3.63) is 18.2 Å². The van der Waals surface area contributed by atoms with Crippen molar-refractivity contribution < 1.29 is 21.9 Å². The van der Waals surface area contributed by atoms with E-state index in [1.54, 1.807) is 4.72 Å². The lowest BCUT2D eigenvalue weighted by atomic mass is 10.2. The number of nitrogen functional groups attached to an aromatic ring is 1. The molecule has 1 rings (SSSR count). The molecule has 0 radical (unpaired) electrons. The minimum Gasteiger partial charge on any atom is -0.495 e. The Balaban J connectivity index is 3.10. The topological polar surface area (TPSA) is 81.4 Å². The van der Waals surface area contributed by atoms with Crippen LogP contribution in [0.5, 0.6) is 5.75 Å². The molecule has 5 nitrogen and oxygen atoms in total. The summed E-state index contributed by atoms with van der Waals surface area (Å²) in [6.07, 6.45) is 0. The minimum absolute atomic E-state index is 0.110. The van der Waals surface area contributed by atoms with Crippen molar-refractivity contribution in [2.75, 3.05) is 17.6 Å². The first-order chi connectivity index (χ1) is 7.36. The summed E-state index contributed by atoms with van der Waals surface area (Å²) in [6.45, 7) is 0.